The highest BCUT2D eigenvalue weighted by molar-refractivity contribution is 5.43. The first-order valence-electron chi connectivity index (χ1n) is 4.78. The Bertz CT molecular complexity index is 432. The fraction of sp³-hybridized carbons (Fsp3) is 0.400. The molecule has 0 aliphatic heterocycles. The first-order chi connectivity index (χ1) is 7.70. The quantitative estimate of drug-likeness (QED) is 0.660. The van der Waals surface area contributed by atoms with E-state index in [1.54, 1.807) is 0 Å². The number of rotatable bonds is 3. The molecule has 2 N–H and O–H groups in total. The molecule has 0 amide bonds. The van der Waals surface area contributed by atoms with Crippen LogP contribution >= 0.6 is 0 Å². The number of hydrogen-bond donors (Lipinski definition) is 1. The van der Waals surface area contributed by atoms with E-state index >= 15 is 0 Å². The number of nitrogens with zero attached hydrogens (tertiary/aromatic N) is 1. The number of benzene rings is 1. The van der Waals surface area contributed by atoms with Gasteiger partial charge in [0.05, 0.1) is 11.3 Å². The summed E-state index contributed by atoms with van der Waals surface area (Å²) in [6.45, 7) is 1.51. The number of nitrogens with two attached hydrogens (primary N) is 1. The zero-order valence-electron chi connectivity index (χ0n) is 8.99. The topological polar surface area (TPSA) is 69.2 Å². The summed E-state index contributed by atoms with van der Waals surface area (Å²) in [7, 11) is 0. The highest BCUT2D eigenvalue weighted by atomic mass is 19.4. The molecule has 0 aliphatic carbocycles. The van der Waals surface area contributed by atoms with Crippen molar-refractivity contribution in [3.05, 3.63) is 39.4 Å². The molecule has 1 aromatic carbocycles. The molecule has 0 fully saturated rings. The first kappa shape index (κ1) is 13.4. The second-order valence-electron chi connectivity index (χ2n) is 3.73. The molecular weight excluding hydrogens is 237 g/mol. The third-order valence-corrected chi connectivity index (χ3v) is 2.31. The van der Waals surface area contributed by atoms with E-state index in [2.05, 4.69) is 0 Å². The molecule has 0 saturated heterocycles. The third kappa shape index (κ3) is 3.70. The minimum Gasteiger partial charge on any atom is -0.324 e. The first-order valence-corrected chi connectivity index (χ1v) is 4.78. The number of hydrogen-bond acceptors (Lipinski definition) is 3. The van der Waals surface area contributed by atoms with Crippen LogP contribution in [0.25, 0.3) is 0 Å². The van der Waals surface area contributed by atoms with Crippen molar-refractivity contribution in [2.24, 2.45) is 5.73 Å². The second kappa shape index (κ2) is 4.70. The summed E-state index contributed by atoms with van der Waals surface area (Å²) in [5, 5.41) is 10.6. The van der Waals surface area contributed by atoms with Crippen LogP contribution in [0.4, 0.5) is 18.9 Å². The van der Waals surface area contributed by atoms with Gasteiger partial charge in [0, 0.05) is 17.7 Å². The van der Waals surface area contributed by atoms with E-state index in [-0.39, 0.29) is 11.3 Å². The van der Waals surface area contributed by atoms with Crippen molar-refractivity contribution in [3.63, 3.8) is 0 Å². The Balaban J connectivity index is 3.00. The summed E-state index contributed by atoms with van der Waals surface area (Å²) in [6, 6.07) is 2.57. The molecule has 0 unspecified atom stereocenters. The Kier molecular flexibility index (Phi) is 3.72. The maximum absolute atomic E-state index is 12.1. The van der Waals surface area contributed by atoms with Crippen LogP contribution in [0, 0.1) is 17.0 Å². The van der Waals surface area contributed by atoms with Crippen LogP contribution < -0.4 is 5.73 Å². The zero-order chi connectivity index (χ0) is 13.2. The summed E-state index contributed by atoms with van der Waals surface area (Å²) < 4.78 is 36.3. The lowest BCUT2D eigenvalue weighted by atomic mass is 10.0. The molecule has 94 valence electrons. The van der Waals surface area contributed by atoms with E-state index in [4.69, 9.17) is 5.73 Å². The van der Waals surface area contributed by atoms with Crippen molar-refractivity contribution in [1.82, 2.24) is 0 Å². The SMILES string of the molecule is Cc1ccc([C@H](N)CC(F)(F)F)cc1[N+](=O)[O-]. The lowest BCUT2D eigenvalue weighted by Crippen LogP contribution is -2.20. The standard InChI is InChI=1S/C10H11F3N2O2/c1-6-2-3-7(4-9(6)15(16)17)8(14)5-10(11,12)13/h2-4,8H,5,14H2,1H3/t8-/m1/s1. The molecule has 0 saturated carbocycles. The monoisotopic (exact) mass is 248 g/mol. The molecule has 0 spiro atoms. The van der Waals surface area contributed by atoms with Gasteiger partial charge < -0.3 is 5.73 Å². The summed E-state index contributed by atoms with van der Waals surface area (Å²) >= 11 is 0. The summed E-state index contributed by atoms with van der Waals surface area (Å²) in [5.74, 6) is 0. The van der Waals surface area contributed by atoms with Crippen molar-refractivity contribution in [2.75, 3.05) is 0 Å². The second-order valence-corrected chi connectivity index (χ2v) is 3.73. The van der Waals surface area contributed by atoms with E-state index in [9.17, 15) is 23.3 Å². The van der Waals surface area contributed by atoms with Crippen molar-refractivity contribution >= 4 is 5.69 Å². The van der Waals surface area contributed by atoms with Gasteiger partial charge in [0.1, 0.15) is 0 Å². The predicted molar refractivity (Wildman–Crippen MR) is 55.4 cm³/mol. The Labute approximate surface area is 95.4 Å². The van der Waals surface area contributed by atoms with Crippen LogP contribution in [-0.2, 0) is 0 Å². The van der Waals surface area contributed by atoms with E-state index in [1.807, 2.05) is 0 Å². The van der Waals surface area contributed by atoms with Gasteiger partial charge in [-0.1, -0.05) is 12.1 Å². The van der Waals surface area contributed by atoms with Crippen LogP contribution in [0.5, 0.6) is 0 Å². The molecule has 17 heavy (non-hydrogen) atoms. The third-order valence-electron chi connectivity index (χ3n) is 2.31. The van der Waals surface area contributed by atoms with Crippen molar-refractivity contribution in [1.29, 1.82) is 0 Å². The molecule has 4 nitrogen and oxygen atoms in total. The van der Waals surface area contributed by atoms with Gasteiger partial charge in [-0.25, -0.2) is 0 Å². The average Bonchev–Trinajstić information content (AvgIpc) is 2.14. The molecule has 0 bridgehead atoms. The van der Waals surface area contributed by atoms with Gasteiger partial charge in [-0.2, -0.15) is 13.2 Å². The molecule has 0 aliphatic rings. The molecule has 7 heteroatoms. The van der Waals surface area contributed by atoms with Crippen LogP contribution in [0.1, 0.15) is 23.6 Å². The Hall–Kier alpha value is -1.63. The van der Waals surface area contributed by atoms with E-state index in [1.165, 1.54) is 19.1 Å². The minimum absolute atomic E-state index is 0.111. The maximum Gasteiger partial charge on any atom is 0.390 e. The molecule has 0 radical (unpaired) electrons. The summed E-state index contributed by atoms with van der Waals surface area (Å²) in [4.78, 5) is 9.98. The van der Waals surface area contributed by atoms with E-state index in [0.29, 0.717) is 5.56 Å². The molecule has 0 heterocycles. The molecule has 1 rings (SSSR count). The Morgan fingerprint density at radius 3 is 2.53 bits per heavy atom. The van der Waals surface area contributed by atoms with E-state index < -0.39 is 23.6 Å². The van der Waals surface area contributed by atoms with Gasteiger partial charge in [0.15, 0.2) is 0 Å². The number of nitro groups is 1. The van der Waals surface area contributed by atoms with Crippen molar-refractivity contribution in [3.8, 4) is 0 Å². The van der Waals surface area contributed by atoms with Gasteiger partial charge in [0.2, 0.25) is 0 Å². The number of alkyl halides is 3. The predicted octanol–water partition coefficient (Wildman–Crippen LogP) is 2.86. The van der Waals surface area contributed by atoms with Gasteiger partial charge in [0.25, 0.3) is 5.69 Å². The summed E-state index contributed by atoms with van der Waals surface area (Å²) in [6.07, 6.45) is -5.59. The van der Waals surface area contributed by atoms with Crippen LogP contribution in [0.2, 0.25) is 0 Å². The highest BCUT2D eigenvalue weighted by Gasteiger charge is 2.31. The Morgan fingerprint density at radius 1 is 1.47 bits per heavy atom. The van der Waals surface area contributed by atoms with Gasteiger partial charge >= 0.3 is 6.18 Å². The normalized spacial score (nSPS) is 13.5. The number of halogens is 3. The largest absolute Gasteiger partial charge is 0.390 e. The van der Waals surface area contributed by atoms with Gasteiger partial charge in [-0.05, 0) is 12.5 Å². The molecular formula is C10H11F3N2O2. The highest BCUT2D eigenvalue weighted by Crippen LogP contribution is 2.30. The maximum atomic E-state index is 12.1. The number of aryl methyl sites for hydroxylation is 1. The lowest BCUT2D eigenvalue weighted by molar-refractivity contribution is -0.385. The summed E-state index contributed by atoms with van der Waals surface area (Å²) in [5.41, 5.74) is 5.63. The minimum atomic E-state index is -4.39. The van der Waals surface area contributed by atoms with Gasteiger partial charge in [-0.3, -0.25) is 10.1 Å². The van der Waals surface area contributed by atoms with E-state index in [0.717, 1.165) is 6.07 Å². The fourth-order valence-corrected chi connectivity index (χ4v) is 1.42. The van der Waals surface area contributed by atoms with Crippen LogP contribution in [0.15, 0.2) is 18.2 Å². The van der Waals surface area contributed by atoms with Crippen molar-refractivity contribution in [2.45, 2.75) is 25.6 Å². The molecule has 1 atom stereocenters. The van der Waals surface area contributed by atoms with Crippen molar-refractivity contribution < 1.29 is 18.1 Å². The van der Waals surface area contributed by atoms with Crippen LogP contribution in [0.3, 0.4) is 0 Å². The lowest BCUT2D eigenvalue weighted by Gasteiger charge is -2.14. The Morgan fingerprint density at radius 2 is 2.06 bits per heavy atom. The molecule has 0 aromatic heterocycles. The average molecular weight is 248 g/mol. The fourth-order valence-electron chi connectivity index (χ4n) is 1.42. The smallest absolute Gasteiger partial charge is 0.324 e. The van der Waals surface area contributed by atoms with Gasteiger partial charge in [-0.15, -0.1) is 0 Å². The molecule has 1 aromatic rings. The number of nitro benzene ring substituents is 1. The zero-order valence-corrected chi connectivity index (χ0v) is 8.99. The van der Waals surface area contributed by atoms with Crippen LogP contribution in [-0.4, -0.2) is 11.1 Å².